The molecule has 0 N–H and O–H groups in total. The maximum atomic E-state index is 12.1. The van der Waals surface area contributed by atoms with E-state index in [1.54, 1.807) is 0 Å². The minimum Gasteiger partial charge on any atom is -0.748 e. The quantitative estimate of drug-likeness (QED) is 0.100. The molecule has 0 aromatic carbocycles. The number of rotatable bonds is 21. The monoisotopic (exact) mass is 463 g/mol. The van der Waals surface area contributed by atoms with Gasteiger partial charge in [0.25, 0.3) is 0 Å². The van der Waals surface area contributed by atoms with Gasteiger partial charge < -0.3 is 13.8 Å². The predicted octanol–water partition coefficient (Wildman–Crippen LogP) is 5.27. The van der Waals surface area contributed by atoms with E-state index in [-0.39, 0.29) is 11.7 Å². The zero-order valence-corrected chi connectivity index (χ0v) is 21.5. The maximum absolute atomic E-state index is 12.1. The summed E-state index contributed by atoms with van der Waals surface area (Å²) < 4.78 is 38.4. The van der Waals surface area contributed by atoms with Gasteiger partial charge in [-0.05, 0) is 50.9 Å². The van der Waals surface area contributed by atoms with Crippen LogP contribution in [0.3, 0.4) is 0 Å². The van der Waals surface area contributed by atoms with Gasteiger partial charge in [-0.25, -0.2) is 8.42 Å². The van der Waals surface area contributed by atoms with E-state index in [1.165, 1.54) is 44.9 Å². The minimum absolute atomic E-state index is 0.0670. The van der Waals surface area contributed by atoms with Crippen LogP contribution in [0, 0.1) is 5.92 Å². The van der Waals surface area contributed by atoms with Crippen LogP contribution in [-0.4, -0.2) is 63.0 Å². The minimum atomic E-state index is -4.10. The Morgan fingerprint density at radius 1 is 0.839 bits per heavy atom. The van der Waals surface area contributed by atoms with Crippen molar-refractivity contribution in [3.8, 4) is 0 Å². The van der Waals surface area contributed by atoms with Crippen molar-refractivity contribution in [2.75, 3.05) is 39.5 Å². The Hall–Kier alpha value is -0.660. The summed E-state index contributed by atoms with van der Waals surface area (Å²) in [6, 6.07) is 0. The molecule has 1 unspecified atom stereocenters. The molecule has 0 aliphatic heterocycles. The number of quaternary nitrogens is 1. The SMILES string of the molecule is CCCCCCC(CCCC)COC(=O)CCCCC[N+](C)(C)CCCCS(=O)(=O)[O-]. The van der Waals surface area contributed by atoms with Crippen molar-refractivity contribution in [2.24, 2.45) is 5.92 Å². The number of hydrogen-bond acceptors (Lipinski definition) is 5. The average Bonchev–Trinajstić information content (AvgIpc) is 2.69. The molecular formula is C24H49NO5S. The Morgan fingerprint density at radius 2 is 1.42 bits per heavy atom. The van der Waals surface area contributed by atoms with Crippen LogP contribution in [0.1, 0.15) is 104 Å². The lowest BCUT2D eigenvalue weighted by molar-refractivity contribution is -0.890. The number of nitrogens with zero attached hydrogens (tertiary/aromatic N) is 1. The molecule has 0 spiro atoms. The first-order chi connectivity index (χ1) is 14.6. The molecule has 0 bridgehead atoms. The van der Waals surface area contributed by atoms with Crippen molar-refractivity contribution in [2.45, 2.75) is 104 Å². The van der Waals surface area contributed by atoms with Gasteiger partial charge >= 0.3 is 5.97 Å². The summed E-state index contributed by atoms with van der Waals surface area (Å²) in [6.07, 6.45) is 14.3. The summed E-state index contributed by atoms with van der Waals surface area (Å²) in [6.45, 7) is 6.85. The van der Waals surface area contributed by atoms with Crippen LogP contribution in [0.25, 0.3) is 0 Å². The van der Waals surface area contributed by atoms with Crippen molar-refractivity contribution in [1.82, 2.24) is 0 Å². The van der Waals surface area contributed by atoms with Crippen LogP contribution in [0.5, 0.6) is 0 Å². The Morgan fingerprint density at radius 3 is 2.03 bits per heavy atom. The summed E-state index contributed by atoms with van der Waals surface area (Å²) in [5.74, 6) is 0.172. The van der Waals surface area contributed by atoms with Gasteiger partial charge in [-0.15, -0.1) is 0 Å². The van der Waals surface area contributed by atoms with Crippen molar-refractivity contribution in [3.05, 3.63) is 0 Å². The van der Waals surface area contributed by atoms with Gasteiger partial charge in [0.2, 0.25) is 0 Å². The molecule has 0 radical (unpaired) electrons. The Balaban J connectivity index is 3.92. The highest BCUT2D eigenvalue weighted by molar-refractivity contribution is 7.85. The molecular weight excluding hydrogens is 414 g/mol. The molecule has 31 heavy (non-hydrogen) atoms. The number of unbranched alkanes of at least 4 members (excludes halogenated alkanes) is 7. The molecule has 186 valence electrons. The normalized spacial score (nSPS) is 13.3. The fraction of sp³-hybridized carbons (Fsp3) is 0.958. The van der Waals surface area contributed by atoms with Gasteiger partial charge in [0.15, 0.2) is 0 Å². The fourth-order valence-corrected chi connectivity index (χ4v) is 4.42. The van der Waals surface area contributed by atoms with Crippen LogP contribution < -0.4 is 0 Å². The first-order valence-electron chi connectivity index (χ1n) is 12.5. The lowest BCUT2D eigenvalue weighted by atomic mass is 9.96. The third-order valence-electron chi connectivity index (χ3n) is 5.96. The molecule has 0 aliphatic carbocycles. The number of carbonyl (C=O) groups is 1. The molecule has 0 heterocycles. The highest BCUT2D eigenvalue weighted by Gasteiger charge is 2.15. The Kier molecular flexibility index (Phi) is 17.5. The van der Waals surface area contributed by atoms with Gasteiger partial charge in [0, 0.05) is 12.2 Å². The molecule has 0 saturated carbocycles. The fourth-order valence-electron chi connectivity index (χ4n) is 3.86. The standard InChI is InChI=1S/C24H49NO5S/c1-5-7-9-11-17-23(16-8-6-2)22-30-24(26)18-12-10-13-19-25(3,4)20-14-15-21-31(27,28)29/h23H,5-22H2,1-4H3. The molecule has 7 heteroatoms. The van der Waals surface area contributed by atoms with Crippen molar-refractivity contribution >= 4 is 16.1 Å². The van der Waals surface area contributed by atoms with E-state index in [0.717, 1.165) is 49.7 Å². The Bertz CT molecular complexity index is 548. The topological polar surface area (TPSA) is 83.5 Å². The summed E-state index contributed by atoms with van der Waals surface area (Å²) >= 11 is 0. The maximum Gasteiger partial charge on any atom is 0.305 e. The predicted molar refractivity (Wildman–Crippen MR) is 127 cm³/mol. The average molecular weight is 464 g/mol. The molecule has 0 aliphatic rings. The molecule has 0 aromatic heterocycles. The van der Waals surface area contributed by atoms with E-state index >= 15 is 0 Å². The number of carbonyl (C=O) groups excluding carboxylic acids is 1. The van der Waals surface area contributed by atoms with Gasteiger partial charge in [-0.2, -0.15) is 0 Å². The number of ether oxygens (including phenoxy) is 1. The molecule has 0 fully saturated rings. The first-order valence-corrected chi connectivity index (χ1v) is 14.1. The highest BCUT2D eigenvalue weighted by atomic mass is 32.2. The van der Waals surface area contributed by atoms with Crippen molar-refractivity contribution < 1.29 is 27.0 Å². The molecule has 6 nitrogen and oxygen atoms in total. The summed E-state index contributed by atoms with van der Waals surface area (Å²) in [7, 11) is 0.146. The van der Waals surface area contributed by atoms with Crippen molar-refractivity contribution in [1.29, 1.82) is 0 Å². The van der Waals surface area contributed by atoms with Crippen LogP contribution >= 0.6 is 0 Å². The van der Waals surface area contributed by atoms with Crippen LogP contribution in [0.2, 0.25) is 0 Å². The highest BCUT2D eigenvalue weighted by Crippen LogP contribution is 2.18. The smallest absolute Gasteiger partial charge is 0.305 e. The molecule has 0 aromatic rings. The summed E-state index contributed by atoms with van der Waals surface area (Å²) in [5, 5.41) is 0. The second-order valence-electron chi connectivity index (χ2n) is 9.70. The zero-order valence-electron chi connectivity index (χ0n) is 20.7. The van der Waals surface area contributed by atoms with E-state index < -0.39 is 10.1 Å². The summed E-state index contributed by atoms with van der Waals surface area (Å²) in [5.41, 5.74) is 0. The second kappa shape index (κ2) is 17.8. The largest absolute Gasteiger partial charge is 0.748 e. The van der Waals surface area contributed by atoms with Crippen LogP contribution in [-0.2, 0) is 19.6 Å². The van der Waals surface area contributed by atoms with E-state index in [4.69, 9.17) is 4.74 Å². The lowest BCUT2D eigenvalue weighted by Gasteiger charge is -2.30. The van der Waals surface area contributed by atoms with Gasteiger partial charge in [0.05, 0.1) is 43.9 Å². The first kappa shape index (κ1) is 30.3. The van der Waals surface area contributed by atoms with E-state index in [1.807, 2.05) is 0 Å². The van der Waals surface area contributed by atoms with Gasteiger partial charge in [0.1, 0.15) is 0 Å². The van der Waals surface area contributed by atoms with E-state index in [9.17, 15) is 17.8 Å². The van der Waals surface area contributed by atoms with Crippen molar-refractivity contribution in [3.63, 3.8) is 0 Å². The third kappa shape index (κ3) is 21.0. The number of esters is 1. The lowest BCUT2D eigenvalue weighted by Crippen LogP contribution is -2.41. The molecule has 0 saturated heterocycles. The summed E-state index contributed by atoms with van der Waals surface area (Å²) in [4.78, 5) is 12.1. The Labute approximate surface area is 192 Å². The van der Waals surface area contributed by atoms with E-state index in [2.05, 4.69) is 27.9 Å². The molecule has 0 rings (SSSR count). The van der Waals surface area contributed by atoms with Gasteiger partial charge in [-0.3, -0.25) is 4.79 Å². The van der Waals surface area contributed by atoms with Crippen LogP contribution in [0.4, 0.5) is 0 Å². The zero-order chi connectivity index (χ0) is 23.6. The molecule has 1 atom stereocenters. The van der Waals surface area contributed by atoms with Gasteiger partial charge in [-0.1, -0.05) is 52.4 Å². The molecule has 0 amide bonds. The third-order valence-corrected chi connectivity index (χ3v) is 6.75. The van der Waals surface area contributed by atoms with E-state index in [0.29, 0.717) is 25.4 Å². The second-order valence-corrected chi connectivity index (χ2v) is 11.2. The number of hydrogen-bond donors (Lipinski definition) is 0. The van der Waals surface area contributed by atoms with Crippen LogP contribution in [0.15, 0.2) is 0 Å².